The molecule has 0 radical (unpaired) electrons. The van der Waals surface area contributed by atoms with Gasteiger partial charge in [0.1, 0.15) is 17.7 Å². The molecule has 0 aliphatic carbocycles. The second kappa shape index (κ2) is 8.24. The van der Waals surface area contributed by atoms with Gasteiger partial charge in [-0.05, 0) is 67.4 Å². The molecule has 1 aromatic heterocycles. The summed E-state index contributed by atoms with van der Waals surface area (Å²) in [6, 6.07) is 15.3. The number of hydrogen-bond acceptors (Lipinski definition) is 4. The molecule has 3 aromatic carbocycles. The van der Waals surface area contributed by atoms with Crippen molar-refractivity contribution in [2.24, 2.45) is 0 Å². The SMILES string of the molecule is Cc1ccc(N[C@@H](c2nnc(-c3cccc(F)c3)o2)c2ccc(F)cc2Cl)cc1C. The summed E-state index contributed by atoms with van der Waals surface area (Å²) in [6.45, 7) is 4.03. The largest absolute Gasteiger partial charge is 0.418 e. The zero-order valence-corrected chi connectivity index (χ0v) is 17.0. The first-order valence-corrected chi connectivity index (χ1v) is 9.66. The predicted octanol–water partition coefficient (Wildman–Crippen LogP) is 6.49. The van der Waals surface area contributed by atoms with Gasteiger partial charge in [0, 0.05) is 21.8 Å². The Hall–Kier alpha value is -3.25. The van der Waals surface area contributed by atoms with Gasteiger partial charge in [-0.3, -0.25) is 0 Å². The van der Waals surface area contributed by atoms with Gasteiger partial charge in [-0.25, -0.2) is 8.78 Å². The standard InChI is InChI=1S/C23H18ClF2N3O/c1-13-6-8-18(10-14(13)2)27-21(19-9-7-17(26)12-20(19)24)23-29-28-22(30-23)15-4-3-5-16(25)11-15/h3-12,21,27H,1-2H3/t21-/m1/s1. The van der Waals surface area contributed by atoms with Crippen molar-refractivity contribution in [1.29, 1.82) is 0 Å². The van der Waals surface area contributed by atoms with Crippen LogP contribution in [-0.2, 0) is 0 Å². The molecular weight excluding hydrogens is 408 g/mol. The van der Waals surface area contributed by atoms with Gasteiger partial charge in [0.2, 0.25) is 11.8 Å². The Bertz CT molecular complexity index is 1210. The topological polar surface area (TPSA) is 51.0 Å². The van der Waals surface area contributed by atoms with E-state index >= 15 is 0 Å². The average molecular weight is 426 g/mol. The Morgan fingerprint density at radius 1 is 0.900 bits per heavy atom. The second-order valence-corrected chi connectivity index (χ2v) is 7.41. The van der Waals surface area contributed by atoms with Crippen molar-refractivity contribution in [3.05, 3.63) is 99.9 Å². The molecule has 4 rings (SSSR count). The number of aryl methyl sites for hydroxylation is 2. The molecule has 0 unspecified atom stereocenters. The molecule has 1 heterocycles. The van der Waals surface area contributed by atoms with E-state index in [0.717, 1.165) is 16.8 Å². The van der Waals surface area contributed by atoms with Crippen molar-refractivity contribution < 1.29 is 13.2 Å². The zero-order chi connectivity index (χ0) is 21.3. The molecule has 4 aromatic rings. The van der Waals surface area contributed by atoms with Crippen LogP contribution >= 0.6 is 11.6 Å². The minimum atomic E-state index is -0.630. The van der Waals surface area contributed by atoms with Gasteiger partial charge in [0.15, 0.2) is 0 Å². The van der Waals surface area contributed by atoms with Crippen molar-refractivity contribution in [2.75, 3.05) is 5.32 Å². The molecule has 152 valence electrons. The summed E-state index contributed by atoms with van der Waals surface area (Å²) in [5.41, 5.74) is 4.11. The smallest absolute Gasteiger partial charge is 0.247 e. The normalized spacial score (nSPS) is 12.0. The van der Waals surface area contributed by atoms with E-state index in [-0.39, 0.29) is 16.8 Å². The molecule has 4 nitrogen and oxygen atoms in total. The molecule has 30 heavy (non-hydrogen) atoms. The maximum atomic E-state index is 13.6. The molecular formula is C23H18ClF2N3O. The highest BCUT2D eigenvalue weighted by Crippen LogP contribution is 2.33. The Morgan fingerprint density at radius 2 is 1.70 bits per heavy atom. The van der Waals surface area contributed by atoms with Crippen LogP contribution in [0.3, 0.4) is 0 Å². The van der Waals surface area contributed by atoms with Crippen LogP contribution in [0.1, 0.15) is 28.6 Å². The molecule has 1 atom stereocenters. The van der Waals surface area contributed by atoms with Crippen molar-refractivity contribution in [3.8, 4) is 11.5 Å². The van der Waals surface area contributed by atoms with Gasteiger partial charge in [0.25, 0.3) is 0 Å². The van der Waals surface area contributed by atoms with E-state index in [1.54, 1.807) is 18.2 Å². The number of benzene rings is 3. The summed E-state index contributed by atoms with van der Waals surface area (Å²) in [5, 5.41) is 11.8. The van der Waals surface area contributed by atoms with E-state index in [9.17, 15) is 8.78 Å². The fourth-order valence-corrected chi connectivity index (χ4v) is 3.37. The van der Waals surface area contributed by atoms with Crippen LogP contribution in [0.15, 0.2) is 65.1 Å². The van der Waals surface area contributed by atoms with E-state index in [1.165, 1.54) is 24.3 Å². The fourth-order valence-electron chi connectivity index (χ4n) is 3.10. The maximum Gasteiger partial charge on any atom is 0.247 e. The lowest BCUT2D eigenvalue weighted by atomic mass is 10.0. The molecule has 0 spiro atoms. The van der Waals surface area contributed by atoms with Gasteiger partial charge in [-0.1, -0.05) is 29.8 Å². The van der Waals surface area contributed by atoms with Crippen LogP contribution in [0.2, 0.25) is 5.02 Å². The molecule has 0 fully saturated rings. The minimum absolute atomic E-state index is 0.176. The quantitative estimate of drug-likeness (QED) is 0.397. The van der Waals surface area contributed by atoms with E-state index < -0.39 is 17.7 Å². The van der Waals surface area contributed by atoms with E-state index in [4.69, 9.17) is 16.0 Å². The van der Waals surface area contributed by atoms with Crippen LogP contribution in [0, 0.1) is 25.5 Å². The highest BCUT2D eigenvalue weighted by Gasteiger charge is 2.24. The van der Waals surface area contributed by atoms with Gasteiger partial charge >= 0.3 is 0 Å². The Balaban J connectivity index is 1.76. The van der Waals surface area contributed by atoms with Crippen LogP contribution in [-0.4, -0.2) is 10.2 Å². The van der Waals surface area contributed by atoms with Crippen LogP contribution in [0.5, 0.6) is 0 Å². The summed E-state index contributed by atoms with van der Waals surface area (Å²) < 4.78 is 33.0. The molecule has 1 N–H and O–H groups in total. The minimum Gasteiger partial charge on any atom is -0.418 e. The van der Waals surface area contributed by atoms with Crippen molar-refractivity contribution in [3.63, 3.8) is 0 Å². The molecule has 0 amide bonds. The monoisotopic (exact) mass is 425 g/mol. The lowest BCUT2D eigenvalue weighted by Crippen LogP contribution is -2.14. The van der Waals surface area contributed by atoms with E-state index in [0.29, 0.717) is 11.1 Å². The lowest BCUT2D eigenvalue weighted by Gasteiger charge is -2.19. The Labute approximate surface area is 177 Å². The third-order valence-electron chi connectivity index (χ3n) is 4.85. The summed E-state index contributed by atoms with van der Waals surface area (Å²) in [5.74, 6) is -0.450. The number of rotatable bonds is 5. The molecule has 0 saturated heterocycles. The highest BCUT2D eigenvalue weighted by molar-refractivity contribution is 6.31. The first-order valence-electron chi connectivity index (χ1n) is 9.29. The first kappa shape index (κ1) is 20.0. The third kappa shape index (κ3) is 4.19. The van der Waals surface area contributed by atoms with Crippen molar-refractivity contribution in [1.82, 2.24) is 10.2 Å². The summed E-state index contributed by atoms with van der Waals surface area (Å²) in [4.78, 5) is 0. The number of nitrogens with zero attached hydrogens (tertiary/aromatic N) is 2. The van der Waals surface area contributed by atoms with E-state index in [2.05, 4.69) is 15.5 Å². The van der Waals surface area contributed by atoms with Gasteiger partial charge in [-0.15, -0.1) is 10.2 Å². The average Bonchev–Trinajstić information content (AvgIpc) is 3.19. The maximum absolute atomic E-state index is 13.6. The molecule has 0 aliphatic heterocycles. The summed E-state index contributed by atoms with van der Waals surface area (Å²) in [6.07, 6.45) is 0. The first-order chi connectivity index (χ1) is 14.4. The fraction of sp³-hybridized carbons (Fsp3) is 0.130. The Morgan fingerprint density at radius 3 is 2.43 bits per heavy atom. The predicted molar refractivity (Wildman–Crippen MR) is 112 cm³/mol. The van der Waals surface area contributed by atoms with Crippen molar-refractivity contribution in [2.45, 2.75) is 19.9 Å². The molecule has 0 saturated carbocycles. The number of nitrogens with one attached hydrogen (secondary N) is 1. The van der Waals surface area contributed by atoms with Crippen LogP contribution < -0.4 is 5.32 Å². The van der Waals surface area contributed by atoms with Crippen molar-refractivity contribution >= 4 is 17.3 Å². The van der Waals surface area contributed by atoms with Gasteiger partial charge < -0.3 is 9.73 Å². The van der Waals surface area contributed by atoms with Crippen LogP contribution in [0.4, 0.5) is 14.5 Å². The summed E-state index contributed by atoms with van der Waals surface area (Å²) >= 11 is 6.32. The molecule has 0 aliphatic rings. The number of aromatic nitrogens is 2. The Kier molecular flexibility index (Phi) is 5.50. The number of halogens is 3. The summed E-state index contributed by atoms with van der Waals surface area (Å²) in [7, 11) is 0. The van der Waals surface area contributed by atoms with Crippen LogP contribution in [0.25, 0.3) is 11.5 Å². The number of hydrogen-bond donors (Lipinski definition) is 1. The van der Waals surface area contributed by atoms with E-state index in [1.807, 2.05) is 32.0 Å². The lowest BCUT2D eigenvalue weighted by molar-refractivity contribution is 0.493. The third-order valence-corrected chi connectivity index (χ3v) is 5.18. The van der Waals surface area contributed by atoms with Gasteiger partial charge in [-0.2, -0.15) is 0 Å². The number of anilines is 1. The molecule has 7 heteroatoms. The van der Waals surface area contributed by atoms with Gasteiger partial charge in [0.05, 0.1) is 0 Å². The zero-order valence-electron chi connectivity index (χ0n) is 16.3. The highest BCUT2D eigenvalue weighted by atomic mass is 35.5. The molecule has 0 bridgehead atoms. The second-order valence-electron chi connectivity index (χ2n) is 7.00.